The van der Waals surface area contributed by atoms with Gasteiger partial charge in [-0.1, -0.05) is 114 Å². The first kappa shape index (κ1) is 57.8. The predicted molar refractivity (Wildman–Crippen MR) is 314 cm³/mol. The Morgan fingerprint density at radius 1 is 0.468 bits per heavy atom. The van der Waals surface area contributed by atoms with E-state index in [1.807, 2.05) is 6.92 Å². The number of carbonyl (C=O) groups excluding carboxylic acids is 4. The van der Waals surface area contributed by atoms with E-state index in [2.05, 4.69) is 126 Å². The molecular formula is C70H113N3O4. The lowest BCUT2D eigenvalue weighted by Gasteiger charge is -2.73. The first-order chi connectivity index (χ1) is 35.8. The van der Waals surface area contributed by atoms with E-state index in [0.29, 0.717) is 57.2 Å². The van der Waals surface area contributed by atoms with Gasteiger partial charge in [-0.15, -0.1) is 0 Å². The predicted octanol–water partition coefficient (Wildman–Crippen LogP) is 15.5. The number of ketones is 1. The van der Waals surface area contributed by atoms with E-state index in [1.165, 1.54) is 95.1 Å². The van der Waals surface area contributed by atoms with E-state index in [9.17, 15) is 9.59 Å². The summed E-state index contributed by atoms with van der Waals surface area (Å²) >= 11 is 0. The monoisotopic (exact) mass is 1060 g/mol. The first-order valence-corrected chi connectivity index (χ1v) is 32.5. The maximum atomic E-state index is 15.2. The number of fused-ring (bicyclic) bond motifs is 14. The van der Waals surface area contributed by atoms with E-state index >= 15 is 9.59 Å². The van der Waals surface area contributed by atoms with Gasteiger partial charge in [0.2, 0.25) is 17.7 Å². The molecule has 3 amide bonds. The molecule has 22 atom stereocenters. The van der Waals surface area contributed by atoms with Gasteiger partial charge in [-0.05, 0) is 264 Å². The van der Waals surface area contributed by atoms with E-state index in [1.54, 1.807) is 0 Å². The first-order valence-electron chi connectivity index (χ1n) is 32.5. The Labute approximate surface area is 470 Å². The normalized spacial score (nSPS) is 49.7. The van der Waals surface area contributed by atoms with Crippen molar-refractivity contribution >= 4 is 23.5 Å². The van der Waals surface area contributed by atoms with Gasteiger partial charge in [0.25, 0.3) is 0 Å². The molecule has 0 radical (unpaired) electrons. The largest absolute Gasteiger partial charge is 0.355 e. The van der Waals surface area contributed by atoms with Crippen LogP contribution in [0.1, 0.15) is 239 Å². The molecule has 0 heterocycles. The summed E-state index contributed by atoms with van der Waals surface area (Å²) in [5.41, 5.74) is 3.57. The van der Waals surface area contributed by atoms with Crippen molar-refractivity contribution in [2.45, 2.75) is 245 Å². The van der Waals surface area contributed by atoms with Gasteiger partial charge < -0.3 is 16.0 Å². The number of rotatable bonds is 11. The molecule has 0 saturated heterocycles. The molecule has 10 aliphatic rings. The summed E-state index contributed by atoms with van der Waals surface area (Å²) in [5, 5.41) is 9.81. The van der Waals surface area contributed by atoms with Crippen molar-refractivity contribution in [3.63, 3.8) is 0 Å². The summed E-state index contributed by atoms with van der Waals surface area (Å²) in [5.74, 6) is 5.60. The molecule has 7 nitrogen and oxygen atoms in total. The van der Waals surface area contributed by atoms with Crippen molar-refractivity contribution in [3.05, 3.63) is 24.3 Å². The highest BCUT2D eigenvalue weighted by atomic mass is 16.2. The summed E-state index contributed by atoms with van der Waals surface area (Å²) < 4.78 is 0. The molecule has 0 aromatic carbocycles. The molecular weight excluding hydrogens is 947 g/mol. The fraction of sp³-hybridized carbons (Fsp3) is 0.886. The van der Waals surface area contributed by atoms with E-state index < -0.39 is 22.8 Å². The number of hydrogen-bond donors (Lipinski definition) is 3. The Hall–Kier alpha value is -2.44. The van der Waals surface area contributed by atoms with Crippen LogP contribution in [0.15, 0.2) is 24.3 Å². The lowest BCUT2D eigenvalue weighted by atomic mass is 9.32. The van der Waals surface area contributed by atoms with Gasteiger partial charge in [0.1, 0.15) is 6.04 Å². The van der Waals surface area contributed by atoms with Gasteiger partial charge in [0.15, 0.2) is 5.78 Å². The highest BCUT2D eigenvalue weighted by molar-refractivity contribution is 5.90. The van der Waals surface area contributed by atoms with E-state index in [4.69, 9.17) is 0 Å². The molecule has 0 aliphatic heterocycles. The van der Waals surface area contributed by atoms with Crippen molar-refractivity contribution < 1.29 is 19.2 Å². The molecule has 10 rings (SSSR count). The van der Waals surface area contributed by atoms with Crippen LogP contribution in [0.4, 0.5) is 0 Å². The second-order valence-electron chi connectivity index (χ2n) is 33.2. The van der Waals surface area contributed by atoms with E-state index in [0.717, 1.165) is 75.0 Å². The molecule has 10 saturated carbocycles. The zero-order valence-corrected chi connectivity index (χ0v) is 52.2. The Morgan fingerprint density at radius 2 is 0.870 bits per heavy atom. The van der Waals surface area contributed by atoms with Crippen LogP contribution in [0, 0.1) is 131 Å². The number of Topliss-reactive ketones (excluding diaryl/α,β-unsaturated/α-hetero) is 1. The smallest absolute Gasteiger partial charge is 0.226 e. The molecule has 3 N–H and O–H groups in total. The Bertz CT molecular complexity index is 2400. The van der Waals surface area contributed by atoms with Gasteiger partial charge in [-0.25, -0.2) is 0 Å². The van der Waals surface area contributed by atoms with Crippen LogP contribution in [-0.4, -0.2) is 42.6 Å². The summed E-state index contributed by atoms with van der Waals surface area (Å²) in [4.78, 5) is 57.9. The van der Waals surface area contributed by atoms with Gasteiger partial charge in [0.05, 0.1) is 16.7 Å². The average Bonchev–Trinajstić information content (AvgIpc) is 3.97. The second-order valence-corrected chi connectivity index (χ2v) is 33.2. The van der Waals surface area contributed by atoms with Crippen molar-refractivity contribution in [2.75, 3.05) is 13.1 Å². The minimum Gasteiger partial charge on any atom is -0.355 e. The summed E-state index contributed by atoms with van der Waals surface area (Å²) in [6, 6.07) is -0.846. The Balaban J connectivity index is 0.800. The van der Waals surface area contributed by atoms with Crippen molar-refractivity contribution in [3.8, 4) is 0 Å². The number of nitrogens with one attached hydrogen (secondary N) is 3. The topological polar surface area (TPSA) is 104 Å². The minimum absolute atomic E-state index is 0.0685. The van der Waals surface area contributed by atoms with Crippen LogP contribution in [0.3, 0.4) is 0 Å². The number of allylic oxidation sites excluding steroid dienone is 2. The van der Waals surface area contributed by atoms with Crippen LogP contribution in [-0.2, 0) is 19.2 Å². The zero-order valence-electron chi connectivity index (χ0n) is 52.2. The molecule has 22 unspecified atom stereocenters. The van der Waals surface area contributed by atoms with E-state index in [-0.39, 0.29) is 70.1 Å². The summed E-state index contributed by atoms with van der Waals surface area (Å²) in [6.45, 7) is 48.6. The Kier molecular flexibility index (Phi) is 14.3. The zero-order chi connectivity index (χ0) is 56.2. The number of carbonyl (C=O) groups is 4. The van der Waals surface area contributed by atoms with Crippen LogP contribution in [0.25, 0.3) is 0 Å². The molecule has 432 valence electrons. The highest BCUT2D eigenvalue weighted by Crippen LogP contribution is 2.80. The molecule has 0 aromatic heterocycles. The van der Waals surface area contributed by atoms with Crippen molar-refractivity contribution in [1.29, 1.82) is 0 Å². The second kappa shape index (κ2) is 19.1. The van der Waals surface area contributed by atoms with Gasteiger partial charge in [-0.3, -0.25) is 19.2 Å². The van der Waals surface area contributed by atoms with Crippen molar-refractivity contribution in [2.24, 2.45) is 131 Å². The van der Waals surface area contributed by atoms with Gasteiger partial charge >= 0.3 is 0 Å². The fourth-order valence-corrected chi connectivity index (χ4v) is 24.9. The number of amides is 3. The SMILES string of the molecule is C=C(C)C1CCC2(C(=O)NCC(C)C(=O)NC(CNC(=O)C34CCC(C(=C)C)C3C3CCC5C6(C)CCC(C)C(C)(C)C6CCC5(C)C3(C)CC4)C(C)=O)CCC3(C)C(CCC4C5(C)CCC(C)C(C)(C)C5CCC43C)C12. The minimum atomic E-state index is -0.846. The summed E-state index contributed by atoms with van der Waals surface area (Å²) in [6.07, 6.45) is 23.0. The van der Waals surface area contributed by atoms with Crippen LogP contribution >= 0.6 is 0 Å². The highest BCUT2D eigenvalue weighted by Gasteiger charge is 2.74. The maximum absolute atomic E-state index is 15.2. The third kappa shape index (κ3) is 7.96. The lowest BCUT2D eigenvalue weighted by molar-refractivity contribution is -0.240. The molecule has 0 spiro atoms. The molecule has 0 aromatic rings. The molecule has 7 heteroatoms. The van der Waals surface area contributed by atoms with Crippen LogP contribution in [0.5, 0.6) is 0 Å². The molecule has 77 heavy (non-hydrogen) atoms. The molecule has 10 aliphatic carbocycles. The number of hydrogen-bond acceptors (Lipinski definition) is 4. The third-order valence-corrected chi connectivity index (χ3v) is 30.4. The quantitative estimate of drug-likeness (QED) is 0.179. The average molecular weight is 1060 g/mol. The standard InChI is InChI=1S/C70H113N3O4/c1-41(2)47-25-33-69(37-35-65(15)49(56(47)69)19-21-54-63(13)29-23-44(6)61(9,10)52(63)27-31-67(54,65)17)59(76)71-39-43(5)58(75)73-51(46(8)74)40-72-60(77)70-34-26-48(42(3)4)57(70)50-20-22-55-64(14)30-24-45(7)62(11,12)53(64)28-32-68(55,18)66(50,16)36-38-70/h43-45,47-57H,1,3,19-40H2,2,4-18H3,(H,71,76)(H,72,77)(H,73,75). The van der Waals surface area contributed by atoms with Gasteiger partial charge in [0, 0.05) is 13.1 Å². The third-order valence-electron chi connectivity index (χ3n) is 30.4. The lowest BCUT2D eigenvalue weighted by Crippen LogP contribution is -2.67. The van der Waals surface area contributed by atoms with Crippen LogP contribution in [0.2, 0.25) is 0 Å². The fourth-order valence-electron chi connectivity index (χ4n) is 24.9. The maximum Gasteiger partial charge on any atom is 0.226 e. The summed E-state index contributed by atoms with van der Waals surface area (Å²) in [7, 11) is 0. The molecule has 0 bridgehead atoms. The van der Waals surface area contributed by atoms with Crippen LogP contribution < -0.4 is 16.0 Å². The van der Waals surface area contributed by atoms with Gasteiger partial charge in [-0.2, -0.15) is 0 Å². The molecule has 10 fully saturated rings. The Morgan fingerprint density at radius 3 is 1.26 bits per heavy atom. The van der Waals surface area contributed by atoms with Crippen molar-refractivity contribution in [1.82, 2.24) is 16.0 Å².